The van der Waals surface area contributed by atoms with Crippen molar-refractivity contribution in [2.75, 3.05) is 10.7 Å². The molecule has 2 aromatic rings. The van der Waals surface area contributed by atoms with Crippen molar-refractivity contribution in [3.05, 3.63) is 57.8 Å². The predicted molar refractivity (Wildman–Crippen MR) is 78.6 cm³/mol. The number of carbonyl (C=O) groups is 1. The van der Waals surface area contributed by atoms with Crippen LogP contribution in [0.2, 0.25) is 10.0 Å². The smallest absolute Gasteiger partial charge is 0.257 e. The fraction of sp³-hybridized carbons (Fsp3) is 0. The number of anilines is 2. The van der Waals surface area contributed by atoms with Crippen LogP contribution >= 0.6 is 23.2 Å². The molecule has 1 amide bonds. The van der Waals surface area contributed by atoms with Gasteiger partial charge in [-0.05, 0) is 36.4 Å². The number of rotatable bonds is 3. The van der Waals surface area contributed by atoms with Crippen molar-refractivity contribution >= 4 is 40.5 Å². The van der Waals surface area contributed by atoms with Crippen molar-refractivity contribution in [1.82, 2.24) is 0 Å². The molecule has 0 heterocycles. The van der Waals surface area contributed by atoms with Crippen LogP contribution in [-0.2, 0) is 0 Å². The molecule has 20 heavy (non-hydrogen) atoms. The van der Waals surface area contributed by atoms with E-state index in [1.807, 2.05) is 0 Å². The molecule has 4 N–H and O–H groups in total. The molecule has 0 aliphatic carbocycles. The van der Waals surface area contributed by atoms with E-state index < -0.39 is 11.7 Å². The zero-order chi connectivity index (χ0) is 14.7. The van der Waals surface area contributed by atoms with E-state index in [-0.39, 0.29) is 16.3 Å². The molecule has 0 fully saturated rings. The number of hydrogen-bond acceptors (Lipinski definition) is 3. The first-order valence-corrected chi connectivity index (χ1v) is 6.29. The lowest BCUT2D eigenvalue weighted by atomic mass is 10.1. The second-order valence-electron chi connectivity index (χ2n) is 3.95. The van der Waals surface area contributed by atoms with Gasteiger partial charge in [0.25, 0.3) is 5.91 Å². The minimum Gasteiger partial charge on any atom is -0.323 e. The molecule has 0 saturated heterocycles. The molecule has 4 nitrogen and oxygen atoms in total. The lowest BCUT2D eigenvalue weighted by molar-refractivity contribution is 0.102. The third-order valence-electron chi connectivity index (χ3n) is 2.50. The van der Waals surface area contributed by atoms with Gasteiger partial charge >= 0.3 is 0 Å². The maximum absolute atomic E-state index is 13.2. The van der Waals surface area contributed by atoms with E-state index in [4.69, 9.17) is 29.0 Å². The SMILES string of the molecule is NNc1ccc(Cl)cc1C(=O)Nc1cc(F)cc(Cl)c1. The highest BCUT2D eigenvalue weighted by Crippen LogP contribution is 2.23. The number of hydrogen-bond donors (Lipinski definition) is 3. The van der Waals surface area contributed by atoms with Crippen LogP contribution in [0.15, 0.2) is 36.4 Å². The Hall–Kier alpha value is -1.82. The van der Waals surface area contributed by atoms with Crippen molar-refractivity contribution in [3.63, 3.8) is 0 Å². The predicted octanol–water partition coefficient (Wildman–Crippen LogP) is 3.67. The van der Waals surface area contributed by atoms with Gasteiger partial charge in [0.15, 0.2) is 0 Å². The molecule has 2 rings (SSSR count). The summed E-state index contributed by atoms with van der Waals surface area (Å²) in [4.78, 5) is 12.1. The quantitative estimate of drug-likeness (QED) is 0.598. The van der Waals surface area contributed by atoms with E-state index >= 15 is 0 Å². The second-order valence-corrected chi connectivity index (χ2v) is 4.82. The minimum atomic E-state index is -0.545. The summed E-state index contributed by atoms with van der Waals surface area (Å²) in [5, 5.41) is 3.09. The summed E-state index contributed by atoms with van der Waals surface area (Å²) in [7, 11) is 0. The maximum Gasteiger partial charge on any atom is 0.257 e. The molecule has 104 valence electrons. The van der Waals surface area contributed by atoms with E-state index in [2.05, 4.69) is 10.7 Å². The van der Waals surface area contributed by atoms with Gasteiger partial charge in [0.2, 0.25) is 0 Å². The lowest BCUT2D eigenvalue weighted by Crippen LogP contribution is -2.17. The summed E-state index contributed by atoms with van der Waals surface area (Å²) in [6.45, 7) is 0. The molecular weight excluding hydrogens is 304 g/mol. The third-order valence-corrected chi connectivity index (χ3v) is 2.96. The summed E-state index contributed by atoms with van der Waals surface area (Å²) in [5.41, 5.74) is 3.27. The fourth-order valence-electron chi connectivity index (χ4n) is 1.65. The Morgan fingerprint density at radius 2 is 1.85 bits per heavy atom. The van der Waals surface area contributed by atoms with E-state index in [0.29, 0.717) is 10.7 Å². The van der Waals surface area contributed by atoms with Crippen molar-refractivity contribution in [2.24, 2.45) is 5.84 Å². The highest BCUT2D eigenvalue weighted by molar-refractivity contribution is 6.31. The van der Waals surface area contributed by atoms with Crippen molar-refractivity contribution in [3.8, 4) is 0 Å². The van der Waals surface area contributed by atoms with Crippen LogP contribution < -0.4 is 16.6 Å². The summed E-state index contributed by atoms with van der Waals surface area (Å²) < 4.78 is 13.2. The van der Waals surface area contributed by atoms with Gasteiger partial charge in [-0.15, -0.1) is 0 Å². The monoisotopic (exact) mass is 313 g/mol. The Bertz CT molecular complexity index is 644. The Morgan fingerprint density at radius 3 is 2.50 bits per heavy atom. The summed E-state index contributed by atoms with van der Waals surface area (Å²) in [5.74, 6) is 4.30. The van der Waals surface area contributed by atoms with Crippen LogP contribution in [0.25, 0.3) is 0 Å². The first-order valence-electron chi connectivity index (χ1n) is 5.53. The number of nitrogens with two attached hydrogens (primary N) is 1. The Morgan fingerprint density at radius 1 is 1.10 bits per heavy atom. The number of benzene rings is 2. The van der Waals surface area contributed by atoms with Crippen LogP contribution in [0, 0.1) is 5.82 Å². The van der Waals surface area contributed by atoms with Gasteiger partial charge in [0.1, 0.15) is 5.82 Å². The molecule has 0 spiro atoms. The molecule has 0 aliphatic rings. The Balaban J connectivity index is 2.30. The molecule has 0 unspecified atom stereocenters. The number of nitrogen functional groups attached to an aromatic ring is 1. The molecule has 7 heteroatoms. The van der Waals surface area contributed by atoms with E-state index in [1.165, 1.54) is 12.1 Å². The van der Waals surface area contributed by atoms with Gasteiger partial charge < -0.3 is 10.7 Å². The van der Waals surface area contributed by atoms with Crippen LogP contribution in [0.1, 0.15) is 10.4 Å². The van der Waals surface area contributed by atoms with Crippen molar-refractivity contribution in [2.45, 2.75) is 0 Å². The first kappa shape index (κ1) is 14.6. The van der Waals surface area contributed by atoms with Crippen LogP contribution in [-0.4, -0.2) is 5.91 Å². The molecule has 0 saturated carbocycles. The highest BCUT2D eigenvalue weighted by atomic mass is 35.5. The minimum absolute atomic E-state index is 0.184. The summed E-state index contributed by atoms with van der Waals surface area (Å²) >= 11 is 11.6. The number of hydrazine groups is 1. The zero-order valence-electron chi connectivity index (χ0n) is 10.1. The van der Waals surface area contributed by atoms with Gasteiger partial charge in [0.05, 0.1) is 11.3 Å². The number of halogens is 3. The molecule has 2 aromatic carbocycles. The maximum atomic E-state index is 13.2. The van der Waals surface area contributed by atoms with E-state index in [0.717, 1.165) is 12.1 Å². The molecular formula is C13H10Cl2FN3O. The third kappa shape index (κ3) is 3.39. The topological polar surface area (TPSA) is 67.1 Å². The van der Waals surface area contributed by atoms with Gasteiger partial charge in [-0.3, -0.25) is 10.6 Å². The molecule has 0 atom stereocenters. The average Bonchev–Trinajstić information content (AvgIpc) is 2.37. The average molecular weight is 314 g/mol. The molecule has 0 aromatic heterocycles. The van der Waals surface area contributed by atoms with Gasteiger partial charge in [-0.1, -0.05) is 23.2 Å². The fourth-order valence-corrected chi connectivity index (χ4v) is 2.05. The molecule has 0 bridgehead atoms. The number of nitrogens with one attached hydrogen (secondary N) is 2. The second kappa shape index (κ2) is 6.09. The van der Waals surface area contributed by atoms with Gasteiger partial charge in [0, 0.05) is 15.7 Å². The van der Waals surface area contributed by atoms with Crippen LogP contribution in [0.3, 0.4) is 0 Å². The largest absolute Gasteiger partial charge is 0.323 e. The number of amides is 1. The van der Waals surface area contributed by atoms with Crippen LogP contribution in [0.5, 0.6) is 0 Å². The van der Waals surface area contributed by atoms with Gasteiger partial charge in [-0.2, -0.15) is 0 Å². The van der Waals surface area contributed by atoms with Gasteiger partial charge in [-0.25, -0.2) is 4.39 Å². The standard InChI is InChI=1S/C13H10Cl2FN3O/c14-7-1-2-12(19-17)11(5-7)13(20)18-10-4-8(15)3-9(16)6-10/h1-6,19H,17H2,(H,18,20). The van der Waals surface area contributed by atoms with E-state index in [1.54, 1.807) is 12.1 Å². The van der Waals surface area contributed by atoms with Crippen molar-refractivity contribution < 1.29 is 9.18 Å². The number of carbonyl (C=O) groups excluding carboxylic acids is 1. The Kier molecular flexibility index (Phi) is 4.44. The normalized spacial score (nSPS) is 10.2. The highest BCUT2D eigenvalue weighted by Gasteiger charge is 2.12. The molecule has 0 radical (unpaired) electrons. The molecule has 0 aliphatic heterocycles. The lowest BCUT2D eigenvalue weighted by Gasteiger charge is -2.10. The summed E-state index contributed by atoms with van der Waals surface area (Å²) in [6.07, 6.45) is 0. The summed E-state index contributed by atoms with van der Waals surface area (Å²) in [6, 6.07) is 8.34. The first-order chi connectivity index (χ1) is 9.49. The van der Waals surface area contributed by atoms with Crippen LogP contribution in [0.4, 0.5) is 15.8 Å². The zero-order valence-corrected chi connectivity index (χ0v) is 11.6. The van der Waals surface area contributed by atoms with Crippen molar-refractivity contribution in [1.29, 1.82) is 0 Å². The van der Waals surface area contributed by atoms with E-state index in [9.17, 15) is 9.18 Å². The Labute approximate surface area is 124 Å².